The SMILES string of the molecule is C=CC(=O)N1CCCC1c1nc(N2CCN(C(=O)Nc3ccc(F)c(Cl)c3)CC2=O)c2c(N)nccn12. The van der Waals surface area contributed by atoms with Crippen LogP contribution in [-0.2, 0) is 9.59 Å². The Kier molecular flexibility index (Phi) is 6.42. The third-order valence-electron chi connectivity index (χ3n) is 6.53. The molecule has 4 amide bonds. The summed E-state index contributed by atoms with van der Waals surface area (Å²) in [6.07, 6.45) is 6.03. The molecule has 0 spiro atoms. The lowest BCUT2D eigenvalue weighted by atomic mass is 10.2. The van der Waals surface area contributed by atoms with Crippen LogP contribution in [0.4, 0.5) is 26.5 Å². The molecule has 5 rings (SSSR count). The Labute approximate surface area is 216 Å². The van der Waals surface area contributed by atoms with Crippen LogP contribution in [-0.4, -0.2) is 68.2 Å². The summed E-state index contributed by atoms with van der Waals surface area (Å²) in [5.41, 5.74) is 6.98. The third kappa shape index (κ3) is 4.44. The number of amides is 4. The minimum absolute atomic E-state index is 0.122. The molecule has 1 atom stereocenters. The quantitative estimate of drug-likeness (QED) is 0.503. The van der Waals surface area contributed by atoms with Crippen molar-refractivity contribution in [3.05, 3.63) is 59.9 Å². The number of nitrogens with one attached hydrogen (secondary N) is 1. The Morgan fingerprint density at radius 2 is 2.08 bits per heavy atom. The topological polar surface area (TPSA) is 129 Å². The van der Waals surface area contributed by atoms with Gasteiger partial charge in [0.1, 0.15) is 23.7 Å². The zero-order valence-corrected chi connectivity index (χ0v) is 20.5. The van der Waals surface area contributed by atoms with E-state index >= 15 is 0 Å². The van der Waals surface area contributed by atoms with Crippen LogP contribution in [0.2, 0.25) is 5.02 Å². The van der Waals surface area contributed by atoms with E-state index in [0.717, 1.165) is 12.5 Å². The van der Waals surface area contributed by atoms with E-state index in [2.05, 4.69) is 16.9 Å². The number of fused-ring (bicyclic) bond motifs is 1. The smallest absolute Gasteiger partial charge is 0.322 e. The van der Waals surface area contributed by atoms with Crippen molar-refractivity contribution in [2.45, 2.75) is 18.9 Å². The van der Waals surface area contributed by atoms with E-state index in [1.54, 1.807) is 15.5 Å². The number of urea groups is 1. The molecule has 2 aromatic heterocycles. The highest BCUT2D eigenvalue weighted by Crippen LogP contribution is 2.36. The molecular formula is C24H24ClFN8O3. The number of piperazine rings is 1. The molecule has 0 bridgehead atoms. The Bertz CT molecular complexity index is 1430. The number of aromatic nitrogens is 3. The fourth-order valence-electron chi connectivity index (χ4n) is 4.75. The second-order valence-corrected chi connectivity index (χ2v) is 9.15. The number of imidazole rings is 1. The van der Waals surface area contributed by atoms with E-state index in [4.69, 9.17) is 22.3 Å². The number of rotatable bonds is 4. The molecule has 3 N–H and O–H groups in total. The van der Waals surface area contributed by atoms with Gasteiger partial charge < -0.3 is 20.9 Å². The highest BCUT2D eigenvalue weighted by Gasteiger charge is 2.36. The molecule has 4 heterocycles. The van der Waals surface area contributed by atoms with Gasteiger partial charge in [0.15, 0.2) is 11.6 Å². The Morgan fingerprint density at radius 3 is 2.81 bits per heavy atom. The van der Waals surface area contributed by atoms with E-state index in [1.165, 1.54) is 34.2 Å². The summed E-state index contributed by atoms with van der Waals surface area (Å²) in [5, 5.41) is 2.50. The molecule has 1 aromatic carbocycles. The Balaban J connectivity index is 1.40. The maximum Gasteiger partial charge on any atom is 0.322 e. The van der Waals surface area contributed by atoms with Crippen LogP contribution >= 0.6 is 11.6 Å². The maximum atomic E-state index is 13.4. The van der Waals surface area contributed by atoms with E-state index in [9.17, 15) is 18.8 Å². The first kappa shape index (κ1) is 24.5. The van der Waals surface area contributed by atoms with Gasteiger partial charge in [-0.05, 0) is 37.1 Å². The number of carbonyl (C=O) groups is 3. The monoisotopic (exact) mass is 526 g/mol. The summed E-state index contributed by atoms with van der Waals surface area (Å²) in [6.45, 7) is 4.34. The minimum Gasteiger partial charge on any atom is -0.382 e. The van der Waals surface area contributed by atoms with Crippen LogP contribution < -0.4 is 16.0 Å². The molecular weight excluding hydrogens is 503 g/mol. The maximum absolute atomic E-state index is 13.4. The number of halogens is 2. The van der Waals surface area contributed by atoms with E-state index in [0.29, 0.717) is 35.8 Å². The molecule has 3 aromatic rings. The van der Waals surface area contributed by atoms with Crippen LogP contribution in [0.3, 0.4) is 0 Å². The van der Waals surface area contributed by atoms with E-state index < -0.39 is 11.8 Å². The molecule has 1 unspecified atom stereocenters. The van der Waals surface area contributed by atoms with Gasteiger partial charge >= 0.3 is 6.03 Å². The second-order valence-electron chi connectivity index (χ2n) is 8.74. The van der Waals surface area contributed by atoms with Crippen molar-refractivity contribution >= 4 is 52.3 Å². The average Bonchev–Trinajstić information content (AvgIpc) is 3.51. The van der Waals surface area contributed by atoms with Crippen molar-refractivity contribution in [3.8, 4) is 0 Å². The summed E-state index contributed by atoms with van der Waals surface area (Å²) in [5.74, 6) is -0.0583. The third-order valence-corrected chi connectivity index (χ3v) is 6.82. The number of hydrogen-bond donors (Lipinski definition) is 2. The first-order valence-electron chi connectivity index (χ1n) is 11.6. The predicted octanol–water partition coefficient (Wildman–Crippen LogP) is 2.83. The van der Waals surface area contributed by atoms with Gasteiger partial charge in [-0.2, -0.15) is 0 Å². The first-order valence-corrected chi connectivity index (χ1v) is 12.0. The summed E-state index contributed by atoms with van der Waals surface area (Å²) in [6, 6.07) is 3.00. The summed E-state index contributed by atoms with van der Waals surface area (Å²) < 4.78 is 15.2. The van der Waals surface area contributed by atoms with E-state index in [-0.39, 0.29) is 48.3 Å². The van der Waals surface area contributed by atoms with Gasteiger partial charge in [0.25, 0.3) is 0 Å². The zero-order chi connectivity index (χ0) is 26.3. The first-order chi connectivity index (χ1) is 17.8. The molecule has 192 valence electrons. The normalized spacial score (nSPS) is 17.9. The minimum atomic E-state index is -0.599. The number of nitrogen functional groups attached to an aromatic ring is 1. The number of anilines is 3. The molecule has 37 heavy (non-hydrogen) atoms. The van der Waals surface area contributed by atoms with E-state index in [1.807, 2.05) is 0 Å². The van der Waals surface area contributed by atoms with Gasteiger partial charge in [0.05, 0.1) is 11.1 Å². The highest BCUT2D eigenvalue weighted by molar-refractivity contribution is 6.31. The number of nitrogens with two attached hydrogens (primary N) is 1. The second kappa shape index (κ2) is 9.69. The van der Waals surface area contributed by atoms with Crippen molar-refractivity contribution < 1.29 is 18.8 Å². The van der Waals surface area contributed by atoms with Crippen molar-refractivity contribution in [2.24, 2.45) is 0 Å². The fourth-order valence-corrected chi connectivity index (χ4v) is 4.93. The predicted molar refractivity (Wildman–Crippen MR) is 136 cm³/mol. The standard InChI is InChI=1S/C24H24ClFN8O3/c1-2-18(35)32-8-3-4-17(32)22-30-23(20-21(27)28-7-9-34(20)22)33-11-10-31(13-19(33)36)24(37)29-14-5-6-16(26)15(25)12-14/h2,5-7,9,12,17H,1,3-4,8,10-11,13H2,(H2,27,28)(H,29,37). The van der Waals surface area contributed by atoms with Gasteiger partial charge in [-0.1, -0.05) is 18.2 Å². The zero-order valence-electron chi connectivity index (χ0n) is 19.7. The summed E-state index contributed by atoms with van der Waals surface area (Å²) in [7, 11) is 0. The van der Waals surface area contributed by atoms with Gasteiger partial charge in [-0.25, -0.2) is 19.2 Å². The summed E-state index contributed by atoms with van der Waals surface area (Å²) in [4.78, 5) is 51.9. The molecule has 11 nitrogen and oxygen atoms in total. The molecule has 13 heteroatoms. The molecule has 0 radical (unpaired) electrons. The van der Waals surface area contributed by atoms with Crippen LogP contribution in [0.1, 0.15) is 24.7 Å². The van der Waals surface area contributed by atoms with Crippen LogP contribution in [0.25, 0.3) is 5.52 Å². The Morgan fingerprint density at radius 1 is 1.27 bits per heavy atom. The van der Waals surface area contributed by atoms with Crippen LogP contribution in [0, 0.1) is 5.82 Å². The number of likely N-dealkylation sites (tertiary alicyclic amines) is 1. The molecule has 2 saturated heterocycles. The molecule has 0 saturated carbocycles. The molecule has 2 aliphatic heterocycles. The van der Waals surface area contributed by atoms with Crippen molar-refractivity contribution in [1.29, 1.82) is 0 Å². The fraction of sp³-hybridized carbons (Fsp3) is 0.292. The highest BCUT2D eigenvalue weighted by atomic mass is 35.5. The largest absolute Gasteiger partial charge is 0.382 e. The van der Waals surface area contributed by atoms with Gasteiger partial charge in [0.2, 0.25) is 11.8 Å². The lowest BCUT2D eigenvalue weighted by Crippen LogP contribution is -2.53. The van der Waals surface area contributed by atoms with Gasteiger partial charge in [-0.15, -0.1) is 0 Å². The molecule has 0 aliphatic carbocycles. The Hall–Kier alpha value is -4.19. The summed E-state index contributed by atoms with van der Waals surface area (Å²) >= 11 is 5.79. The van der Waals surface area contributed by atoms with Crippen molar-refractivity contribution in [3.63, 3.8) is 0 Å². The number of carbonyl (C=O) groups excluding carboxylic acids is 3. The van der Waals surface area contributed by atoms with Crippen LogP contribution in [0.5, 0.6) is 0 Å². The van der Waals surface area contributed by atoms with Crippen molar-refractivity contribution in [2.75, 3.05) is 42.1 Å². The number of hydrogen-bond acceptors (Lipinski definition) is 6. The van der Waals surface area contributed by atoms with Crippen molar-refractivity contribution in [1.82, 2.24) is 24.2 Å². The lowest BCUT2D eigenvalue weighted by molar-refractivity contribution is -0.127. The number of benzene rings is 1. The lowest BCUT2D eigenvalue weighted by Gasteiger charge is -2.33. The molecule has 2 fully saturated rings. The number of nitrogens with zero attached hydrogens (tertiary/aromatic N) is 6. The van der Waals surface area contributed by atoms with Gasteiger partial charge in [-0.3, -0.25) is 18.9 Å². The van der Waals surface area contributed by atoms with Crippen LogP contribution in [0.15, 0.2) is 43.2 Å². The van der Waals surface area contributed by atoms with Gasteiger partial charge in [0, 0.05) is 37.7 Å². The molecule has 2 aliphatic rings. The average molecular weight is 527 g/mol.